The second-order valence-electron chi connectivity index (χ2n) is 4.70. The zero-order valence-electron chi connectivity index (χ0n) is 12.4. The summed E-state index contributed by atoms with van der Waals surface area (Å²) in [6.07, 6.45) is 1.36. The lowest BCUT2D eigenvalue weighted by Crippen LogP contribution is -2.26. The summed E-state index contributed by atoms with van der Waals surface area (Å²) >= 11 is 1.13. The molecule has 10 nitrogen and oxygen atoms in total. The summed E-state index contributed by atoms with van der Waals surface area (Å²) in [7, 11) is 3.23. The Bertz CT molecular complexity index is 737. The predicted molar refractivity (Wildman–Crippen MR) is 79.0 cm³/mol. The Morgan fingerprint density at radius 2 is 2.09 bits per heavy atom. The number of hydrogen-bond donors (Lipinski definition) is 2. The van der Waals surface area contributed by atoms with Crippen LogP contribution in [-0.4, -0.2) is 61.9 Å². The van der Waals surface area contributed by atoms with Gasteiger partial charge in [-0.2, -0.15) is 0 Å². The number of amides is 2. The molecule has 0 bridgehead atoms. The van der Waals surface area contributed by atoms with E-state index in [0.29, 0.717) is 5.01 Å². The third-order valence-corrected chi connectivity index (χ3v) is 3.59. The minimum atomic E-state index is -1.12. The number of nitrogens with one attached hydrogen (secondary N) is 1. The van der Waals surface area contributed by atoms with Crippen molar-refractivity contribution in [1.29, 1.82) is 0 Å². The SMILES string of the molecule is CN(C)C(=O)Cn1cc(C(=O)NCc2nc(C(=O)O)cs2)nn1. The molecular formula is C12H14N6O4S. The first-order valence-corrected chi connectivity index (χ1v) is 7.31. The Hall–Kier alpha value is -2.82. The molecule has 0 saturated heterocycles. The van der Waals surface area contributed by atoms with Gasteiger partial charge in [0.1, 0.15) is 11.6 Å². The van der Waals surface area contributed by atoms with E-state index in [0.717, 1.165) is 11.3 Å². The van der Waals surface area contributed by atoms with E-state index in [2.05, 4.69) is 20.6 Å². The molecule has 2 aromatic heterocycles. The first kappa shape index (κ1) is 16.5. The van der Waals surface area contributed by atoms with Gasteiger partial charge in [-0.05, 0) is 0 Å². The van der Waals surface area contributed by atoms with Crippen LogP contribution in [0.15, 0.2) is 11.6 Å². The van der Waals surface area contributed by atoms with Crippen LogP contribution in [0, 0.1) is 0 Å². The van der Waals surface area contributed by atoms with Gasteiger partial charge in [0.15, 0.2) is 11.4 Å². The van der Waals surface area contributed by atoms with Crippen LogP contribution in [0.3, 0.4) is 0 Å². The Labute approximate surface area is 134 Å². The second-order valence-corrected chi connectivity index (χ2v) is 5.65. The van der Waals surface area contributed by atoms with Crippen LogP contribution in [0.1, 0.15) is 26.0 Å². The van der Waals surface area contributed by atoms with Crippen molar-refractivity contribution in [2.45, 2.75) is 13.1 Å². The van der Waals surface area contributed by atoms with Gasteiger partial charge in [-0.1, -0.05) is 5.21 Å². The summed E-state index contributed by atoms with van der Waals surface area (Å²) < 4.78 is 1.27. The molecule has 2 heterocycles. The highest BCUT2D eigenvalue weighted by molar-refractivity contribution is 7.09. The van der Waals surface area contributed by atoms with Gasteiger partial charge in [-0.3, -0.25) is 9.59 Å². The average Bonchev–Trinajstić information content (AvgIpc) is 3.13. The van der Waals surface area contributed by atoms with E-state index in [4.69, 9.17) is 5.11 Å². The number of aromatic nitrogens is 4. The van der Waals surface area contributed by atoms with Crippen LogP contribution < -0.4 is 5.32 Å². The van der Waals surface area contributed by atoms with Gasteiger partial charge < -0.3 is 15.3 Å². The lowest BCUT2D eigenvalue weighted by atomic mass is 10.4. The number of nitrogens with zero attached hydrogens (tertiary/aromatic N) is 5. The summed E-state index contributed by atoms with van der Waals surface area (Å²) in [6, 6.07) is 0. The highest BCUT2D eigenvalue weighted by Gasteiger charge is 2.14. The van der Waals surface area contributed by atoms with Crippen molar-refractivity contribution in [3.8, 4) is 0 Å². The topological polar surface area (TPSA) is 130 Å². The molecule has 0 aliphatic carbocycles. The second kappa shape index (κ2) is 6.96. The van der Waals surface area contributed by atoms with Gasteiger partial charge in [-0.15, -0.1) is 16.4 Å². The van der Waals surface area contributed by atoms with Gasteiger partial charge in [0.2, 0.25) is 5.91 Å². The van der Waals surface area contributed by atoms with Crippen LogP contribution >= 0.6 is 11.3 Å². The number of carbonyl (C=O) groups excluding carboxylic acids is 2. The largest absolute Gasteiger partial charge is 0.476 e. The van der Waals surface area contributed by atoms with Crippen LogP contribution in [0.4, 0.5) is 0 Å². The number of rotatable bonds is 6. The number of aromatic carboxylic acids is 1. The lowest BCUT2D eigenvalue weighted by Gasteiger charge is -2.08. The van der Waals surface area contributed by atoms with Crippen molar-refractivity contribution in [3.63, 3.8) is 0 Å². The minimum Gasteiger partial charge on any atom is -0.476 e. The number of likely N-dealkylation sites (N-methyl/N-ethyl adjacent to an activating group) is 1. The van der Waals surface area contributed by atoms with Crippen molar-refractivity contribution in [1.82, 2.24) is 30.2 Å². The van der Waals surface area contributed by atoms with Crippen LogP contribution in [0.5, 0.6) is 0 Å². The molecule has 0 saturated carbocycles. The number of hydrogen-bond acceptors (Lipinski definition) is 7. The highest BCUT2D eigenvalue weighted by atomic mass is 32.1. The first-order valence-electron chi connectivity index (χ1n) is 6.43. The monoisotopic (exact) mass is 338 g/mol. The van der Waals surface area contributed by atoms with Crippen molar-refractivity contribution in [2.75, 3.05) is 14.1 Å². The highest BCUT2D eigenvalue weighted by Crippen LogP contribution is 2.09. The predicted octanol–water partition coefficient (Wildman–Crippen LogP) is -0.549. The fraction of sp³-hybridized carbons (Fsp3) is 0.333. The number of carboxylic acid groups (broad SMARTS) is 1. The summed E-state index contributed by atoms with van der Waals surface area (Å²) in [6.45, 7) is 0.0714. The summed E-state index contributed by atoms with van der Waals surface area (Å²) in [4.78, 5) is 39.4. The maximum Gasteiger partial charge on any atom is 0.355 e. The molecule has 2 rings (SSSR count). The number of carboxylic acids is 1. The minimum absolute atomic E-state index is 0.0122. The van der Waals surface area contributed by atoms with E-state index in [1.54, 1.807) is 14.1 Å². The summed E-state index contributed by atoms with van der Waals surface area (Å²) in [5, 5.41) is 20.6. The molecule has 2 amide bonds. The average molecular weight is 338 g/mol. The molecule has 0 fully saturated rings. The van der Waals surface area contributed by atoms with E-state index in [1.165, 1.54) is 21.2 Å². The van der Waals surface area contributed by atoms with Crippen molar-refractivity contribution >= 4 is 29.1 Å². The lowest BCUT2D eigenvalue weighted by molar-refractivity contribution is -0.129. The van der Waals surface area contributed by atoms with Crippen molar-refractivity contribution in [3.05, 3.63) is 28.0 Å². The maximum absolute atomic E-state index is 11.9. The van der Waals surface area contributed by atoms with Gasteiger partial charge >= 0.3 is 5.97 Å². The Balaban J connectivity index is 1.91. The molecule has 122 valence electrons. The Morgan fingerprint density at radius 1 is 1.35 bits per heavy atom. The smallest absolute Gasteiger partial charge is 0.355 e. The molecule has 2 N–H and O–H groups in total. The normalized spacial score (nSPS) is 10.3. The number of carbonyl (C=O) groups is 3. The van der Waals surface area contributed by atoms with Gasteiger partial charge in [-0.25, -0.2) is 14.5 Å². The quantitative estimate of drug-likeness (QED) is 0.722. The fourth-order valence-corrected chi connectivity index (χ4v) is 2.20. The molecule has 0 aliphatic heterocycles. The zero-order valence-corrected chi connectivity index (χ0v) is 13.2. The van der Waals surface area contributed by atoms with Crippen LogP contribution in [-0.2, 0) is 17.9 Å². The maximum atomic E-state index is 11.9. The number of thiazole rings is 1. The zero-order chi connectivity index (χ0) is 17.0. The van der Waals surface area contributed by atoms with Crippen molar-refractivity contribution in [2.24, 2.45) is 0 Å². The van der Waals surface area contributed by atoms with Crippen LogP contribution in [0.25, 0.3) is 0 Å². The van der Waals surface area contributed by atoms with E-state index in [1.807, 2.05) is 0 Å². The Kier molecular flexibility index (Phi) is 5.01. The standard InChI is InChI=1S/C12H14N6O4S/c1-17(2)10(19)5-18-4-7(15-16-18)11(20)13-3-9-14-8(6-23-9)12(21)22/h4,6H,3,5H2,1-2H3,(H,13,20)(H,21,22). The van der Waals surface area contributed by atoms with E-state index in [9.17, 15) is 14.4 Å². The van der Waals surface area contributed by atoms with Gasteiger partial charge in [0.25, 0.3) is 5.91 Å². The molecule has 0 radical (unpaired) electrons. The molecule has 0 atom stereocenters. The van der Waals surface area contributed by atoms with E-state index < -0.39 is 11.9 Å². The molecule has 0 aromatic carbocycles. The van der Waals surface area contributed by atoms with Crippen LogP contribution in [0.2, 0.25) is 0 Å². The first-order chi connectivity index (χ1) is 10.9. The molecule has 0 unspecified atom stereocenters. The summed E-state index contributed by atoms with van der Waals surface area (Å²) in [5.41, 5.74) is -0.000961. The fourth-order valence-electron chi connectivity index (χ4n) is 1.50. The third-order valence-electron chi connectivity index (χ3n) is 2.74. The Morgan fingerprint density at radius 3 is 2.70 bits per heavy atom. The van der Waals surface area contributed by atoms with Gasteiger partial charge in [0.05, 0.1) is 12.7 Å². The van der Waals surface area contributed by atoms with E-state index in [-0.39, 0.29) is 30.4 Å². The molecule has 11 heteroatoms. The molecular weight excluding hydrogens is 324 g/mol. The van der Waals surface area contributed by atoms with E-state index >= 15 is 0 Å². The molecule has 2 aromatic rings. The molecule has 0 aliphatic rings. The third kappa shape index (κ3) is 4.32. The van der Waals surface area contributed by atoms with Crippen molar-refractivity contribution < 1.29 is 19.5 Å². The van der Waals surface area contributed by atoms with Gasteiger partial charge in [0, 0.05) is 19.5 Å². The summed E-state index contributed by atoms with van der Waals surface area (Å²) in [5.74, 6) is -1.78. The molecule has 23 heavy (non-hydrogen) atoms. The molecule has 0 spiro atoms.